The Balaban J connectivity index is 2.89. The average molecular weight is 402 g/mol. The molecule has 0 bridgehead atoms. The first-order chi connectivity index (χ1) is 12.0. The number of benzene rings is 1. The first kappa shape index (κ1) is 20.2. The Kier molecular flexibility index (Phi) is 5.67. The lowest BCUT2D eigenvalue weighted by molar-refractivity contribution is 0.0527. The summed E-state index contributed by atoms with van der Waals surface area (Å²) in [4.78, 5) is 12.5. The van der Waals surface area contributed by atoms with Gasteiger partial charge in [-0.3, -0.25) is 4.72 Å². The molecule has 0 aliphatic heterocycles. The molecule has 0 aliphatic rings. The van der Waals surface area contributed by atoms with Crippen molar-refractivity contribution in [1.29, 1.82) is 0 Å². The van der Waals surface area contributed by atoms with Crippen molar-refractivity contribution in [2.45, 2.75) is 26.7 Å². The number of aromatic nitrogens is 1. The van der Waals surface area contributed by atoms with Crippen LogP contribution in [-0.2, 0) is 31.2 Å². The van der Waals surface area contributed by atoms with E-state index in [4.69, 9.17) is 4.74 Å². The van der Waals surface area contributed by atoms with Gasteiger partial charge >= 0.3 is 5.97 Å². The SMILES string of the molecule is CCCc1c(C(=O)OCC)c2cc(NS(C)(=O)=O)ccc2n1S(C)(=O)=O. The average Bonchev–Trinajstić information content (AvgIpc) is 2.79. The van der Waals surface area contributed by atoms with Crippen LogP contribution >= 0.6 is 0 Å². The van der Waals surface area contributed by atoms with Crippen LogP contribution in [0.15, 0.2) is 18.2 Å². The first-order valence-corrected chi connectivity index (χ1v) is 11.8. The van der Waals surface area contributed by atoms with E-state index in [9.17, 15) is 21.6 Å². The Labute approximate surface area is 153 Å². The van der Waals surface area contributed by atoms with E-state index in [1.807, 2.05) is 6.92 Å². The largest absolute Gasteiger partial charge is 0.462 e. The molecule has 10 heteroatoms. The fraction of sp³-hybridized carbons (Fsp3) is 0.438. The number of sulfonamides is 1. The van der Waals surface area contributed by atoms with E-state index in [1.165, 1.54) is 18.2 Å². The molecule has 0 fully saturated rings. The lowest BCUT2D eigenvalue weighted by Gasteiger charge is -2.09. The van der Waals surface area contributed by atoms with Crippen LogP contribution in [0.2, 0.25) is 0 Å². The Morgan fingerprint density at radius 1 is 1.15 bits per heavy atom. The fourth-order valence-electron chi connectivity index (χ4n) is 2.87. The summed E-state index contributed by atoms with van der Waals surface area (Å²) in [7, 11) is -7.21. The summed E-state index contributed by atoms with van der Waals surface area (Å²) in [6.45, 7) is 3.66. The second kappa shape index (κ2) is 7.28. The molecule has 0 saturated heterocycles. The number of carbonyl (C=O) groups is 1. The molecule has 26 heavy (non-hydrogen) atoms. The summed E-state index contributed by atoms with van der Waals surface area (Å²) in [5, 5.41) is 0.325. The Morgan fingerprint density at radius 3 is 2.31 bits per heavy atom. The summed E-state index contributed by atoms with van der Waals surface area (Å²) in [6, 6.07) is 4.38. The molecule has 0 saturated carbocycles. The summed E-state index contributed by atoms with van der Waals surface area (Å²) in [5.74, 6) is -0.639. The number of fused-ring (bicyclic) bond motifs is 1. The molecule has 144 valence electrons. The van der Waals surface area contributed by atoms with Gasteiger partial charge in [0.15, 0.2) is 0 Å². The third-order valence-electron chi connectivity index (χ3n) is 3.62. The van der Waals surface area contributed by atoms with Crippen molar-refractivity contribution in [3.63, 3.8) is 0 Å². The summed E-state index contributed by atoms with van der Waals surface area (Å²) < 4.78 is 56.2. The summed E-state index contributed by atoms with van der Waals surface area (Å²) in [5.41, 5.74) is 1.02. The van der Waals surface area contributed by atoms with Gasteiger partial charge in [-0.25, -0.2) is 25.6 Å². The highest BCUT2D eigenvalue weighted by atomic mass is 32.2. The van der Waals surface area contributed by atoms with Gasteiger partial charge in [0, 0.05) is 16.8 Å². The number of hydrogen-bond acceptors (Lipinski definition) is 6. The van der Waals surface area contributed by atoms with Crippen LogP contribution in [-0.4, -0.2) is 45.9 Å². The van der Waals surface area contributed by atoms with E-state index in [0.717, 1.165) is 16.5 Å². The molecule has 0 atom stereocenters. The second-order valence-corrected chi connectivity index (χ2v) is 9.51. The molecule has 1 aromatic heterocycles. The number of nitrogens with zero attached hydrogens (tertiary/aromatic N) is 1. The van der Waals surface area contributed by atoms with Crippen LogP contribution < -0.4 is 4.72 Å². The highest BCUT2D eigenvalue weighted by molar-refractivity contribution is 7.92. The molecule has 2 aromatic rings. The Hall–Kier alpha value is -2.07. The first-order valence-electron chi connectivity index (χ1n) is 8.02. The third-order valence-corrected chi connectivity index (χ3v) is 5.31. The topological polar surface area (TPSA) is 112 Å². The predicted molar refractivity (Wildman–Crippen MR) is 101 cm³/mol. The lowest BCUT2D eigenvalue weighted by Crippen LogP contribution is -2.15. The van der Waals surface area contributed by atoms with Crippen LogP contribution in [0.1, 0.15) is 36.3 Å². The van der Waals surface area contributed by atoms with Gasteiger partial charge in [0.05, 0.1) is 30.2 Å². The number of anilines is 1. The van der Waals surface area contributed by atoms with Gasteiger partial charge in [0.1, 0.15) is 0 Å². The zero-order valence-corrected chi connectivity index (χ0v) is 16.7. The zero-order valence-electron chi connectivity index (χ0n) is 15.1. The summed E-state index contributed by atoms with van der Waals surface area (Å²) >= 11 is 0. The molecule has 2 rings (SSSR count). The number of esters is 1. The second-order valence-electron chi connectivity index (χ2n) is 5.93. The van der Waals surface area contributed by atoms with Crippen molar-refractivity contribution in [3.05, 3.63) is 29.5 Å². The Bertz CT molecular complexity index is 1050. The van der Waals surface area contributed by atoms with Crippen LogP contribution in [0.25, 0.3) is 10.9 Å². The molecular weight excluding hydrogens is 380 g/mol. The lowest BCUT2D eigenvalue weighted by atomic mass is 10.1. The molecule has 0 spiro atoms. The molecule has 0 radical (unpaired) electrons. The molecular formula is C16H22N2O6S2. The van der Waals surface area contributed by atoms with E-state index in [-0.39, 0.29) is 17.9 Å². The molecule has 1 heterocycles. The normalized spacial score (nSPS) is 12.3. The maximum atomic E-state index is 12.5. The van der Waals surface area contributed by atoms with Crippen molar-refractivity contribution < 1.29 is 26.4 Å². The van der Waals surface area contributed by atoms with Gasteiger partial charge in [-0.1, -0.05) is 13.3 Å². The minimum absolute atomic E-state index is 0.136. The number of nitrogens with one attached hydrogen (secondary N) is 1. The predicted octanol–water partition coefficient (Wildman–Crippen LogP) is 1.95. The van der Waals surface area contributed by atoms with Gasteiger partial charge in [-0.05, 0) is 31.5 Å². The maximum Gasteiger partial charge on any atom is 0.340 e. The maximum absolute atomic E-state index is 12.5. The number of rotatable bonds is 7. The number of hydrogen-bond donors (Lipinski definition) is 1. The third kappa shape index (κ3) is 4.18. The molecule has 0 amide bonds. The van der Waals surface area contributed by atoms with Crippen molar-refractivity contribution in [3.8, 4) is 0 Å². The van der Waals surface area contributed by atoms with E-state index in [0.29, 0.717) is 29.4 Å². The van der Waals surface area contributed by atoms with Gasteiger partial charge in [-0.2, -0.15) is 0 Å². The standard InChI is InChI=1S/C16H22N2O6S2/c1-5-7-14-15(16(19)24-6-2)12-10-11(17-25(3,20)21)8-9-13(12)18(14)26(4,22)23/h8-10,17H,5-7H2,1-4H3. The van der Waals surface area contributed by atoms with Gasteiger partial charge in [0.2, 0.25) is 20.0 Å². The van der Waals surface area contributed by atoms with Gasteiger partial charge in [-0.15, -0.1) is 0 Å². The quantitative estimate of drug-likeness (QED) is 0.709. The van der Waals surface area contributed by atoms with Crippen LogP contribution in [0.4, 0.5) is 5.69 Å². The van der Waals surface area contributed by atoms with Crippen LogP contribution in [0.3, 0.4) is 0 Å². The monoisotopic (exact) mass is 402 g/mol. The van der Waals surface area contributed by atoms with Gasteiger partial charge < -0.3 is 4.74 Å². The zero-order chi connectivity index (χ0) is 19.7. The van der Waals surface area contributed by atoms with Crippen molar-refractivity contribution in [2.24, 2.45) is 0 Å². The minimum Gasteiger partial charge on any atom is -0.462 e. The number of carbonyl (C=O) groups excluding carboxylic acids is 1. The van der Waals surface area contributed by atoms with Crippen LogP contribution in [0, 0.1) is 0 Å². The van der Waals surface area contributed by atoms with Crippen molar-refractivity contribution in [2.75, 3.05) is 23.8 Å². The van der Waals surface area contributed by atoms with E-state index < -0.39 is 26.0 Å². The summed E-state index contributed by atoms with van der Waals surface area (Å²) in [6.07, 6.45) is 3.04. The molecule has 0 unspecified atom stereocenters. The molecule has 1 N–H and O–H groups in total. The highest BCUT2D eigenvalue weighted by Crippen LogP contribution is 2.32. The Morgan fingerprint density at radius 2 is 1.81 bits per heavy atom. The molecule has 0 aliphatic carbocycles. The van der Waals surface area contributed by atoms with E-state index in [2.05, 4.69) is 4.72 Å². The molecule has 8 nitrogen and oxygen atoms in total. The van der Waals surface area contributed by atoms with Crippen LogP contribution in [0.5, 0.6) is 0 Å². The number of ether oxygens (including phenoxy) is 1. The fourth-order valence-corrected chi connectivity index (χ4v) is 4.52. The molecule has 1 aromatic carbocycles. The smallest absolute Gasteiger partial charge is 0.340 e. The van der Waals surface area contributed by atoms with Crippen molar-refractivity contribution in [1.82, 2.24) is 3.97 Å². The highest BCUT2D eigenvalue weighted by Gasteiger charge is 2.27. The minimum atomic E-state index is -3.69. The van der Waals surface area contributed by atoms with E-state index >= 15 is 0 Å². The van der Waals surface area contributed by atoms with Gasteiger partial charge in [0.25, 0.3) is 0 Å². The van der Waals surface area contributed by atoms with E-state index in [1.54, 1.807) is 6.92 Å². The van der Waals surface area contributed by atoms with Crippen molar-refractivity contribution >= 4 is 42.6 Å².